The van der Waals surface area contributed by atoms with E-state index in [0.29, 0.717) is 29.4 Å². The van der Waals surface area contributed by atoms with Crippen LogP contribution in [0.4, 0.5) is 5.82 Å². The molecule has 4 aromatic heterocycles. The quantitative estimate of drug-likeness (QED) is 0.289. The standard InChI is InChI=1S/C28H34N6O2S/c1-4-32(5-2)19(3)8-9-25(36)21-13-24(30-27(14-21)33-16-20(17-33)18-35)22-15-29-34-11-10-23(31-28(22)34)26-7-6-12-37-26/h6-7,10-15,19-20,35H,4-5,8-9,16-18H2,1-3H3/t19-/m0/s1. The smallest absolute Gasteiger partial charge is 0.165 e. The molecule has 1 aliphatic rings. The van der Waals surface area contributed by atoms with Crippen molar-refractivity contribution in [3.63, 3.8) is 0 Å². The third kappa shape index (κ3) is 5.30. The van der Waals surface area contributed by atoms with E-state index >= 15 is 0 Å². The van der Waals surface area contributed by atoms with E-state index in [1.807, 2.05) is 35.8 Å². The molecule has 0 unspecified atom stereocenters. The van der Waals surface area contributed by atoms with E-state index in [-0.39, 0.29) is 18.3 Å². The SMILES string of the molecule is CCN(CC)[C@@H](C)CCC(=O)c1cc(-c2cnn3ccc(-c4cccs4)nc23)nc(N2CC(CO)C2)c1. The minimum atomic E-state index is 0.117. The second-order valence-electron chi connectivity index (χ2n) is 9.70. The molecule has 8 nitrogen and oxygen atoms in total. The fourth-order valence-corrected chi connectivity index (χ4v) is 5.67. The van der Waals surface area contributed by atoms with Gasteiger partial charge in [0, 0.05) is 49.8 Å². The van der Waals surface area contributed by atoms with Gasteiger partial charge >= 0.3 is 0 Å². The molecule has 37 heavy (non-hydrogen) atoms. The third-order valence-corrected chi connectivity index (χ3v) is 8.21. The molecule has 0 radical (unpaired) electrons. The first-order valence-electron chi connectivity index (χ1n) is 13.0. The third-order valence-electron chi connectivity index (χ3n) is 7.32. The van der Waals surface area contributed by atoms with Crippen LogP contribution >= 0.6 is 11.3 Å². The molecule has 1 atom stereocenters. The Balaban J connectivity index is 1.49. The Morgan fingerprint density at radius 3 is 2.70 bits per heavy atom. The van der Waals surface area contributed by atoms with E-state index in [0.717, 1.165) is 54.6 Å². The van der Waals surface area contributed by atoms with Gasteiger partial charge in [0.05, 0.1) is 28.0 Å². The van der Waals surface area contributed by atoms with Crippen molar-refractivity contribution in [3.05, 3.63) is 53.7 Å². The van der Waals surface area contributed by atoms with Crippen LogP contribution in [0.15, 0.2) is 48.1 Å². The summed E-state index contributed by atoms with van der Waals surface area (Å²) in [6, 6.07) is 10.2. The predicted octanol–water partition coefficient (Wildman–Crippen LogP) is 4.64. The molecular weight excluding hydrogens is 484 g/mol. The number of carbonyl (C=O) groups excluding carboxylic acids is 1. The number of hydrogen-bond acceptors (Lipinski definition) is 8. The van der Waals surface area contributed by atoms with Gasteiger partial charge in [0.2, 0.25) is 0 Å². The van der Waals surface area contributed by atoms with Gasteiger partial charge < -0.3 is 14.9 Å². The highest BCUT2D eigenvalue weighted by molar-refractivity contribution is 7.13. The highest BCUT2D eigenvalue weighted by atomic mass is 32.1. The molecule has 1 N–H and O–H groups in total. The van der Waals surface area contributed by atoms with Crippen LogP contribution in [-0.2, 0) is 0 Å². The Morgan fingerprint density at radius 1 is 1.19 bits per heavy atom. The van der Waals surface area contributed by atoms with Gasteiger partial charge in [-0.05, 0) is 56.1 Å². The van der Waals surface area contributed by atoms with Gasteiger partial charge in [-0.25, -0.2) is 14.5 Å². The lowest BCUT2D eigenvalue weighted by molar-refractivity contribution is 0.0964. The lowest BCUT2D eigenvalue weighted by Gasteiger charge is -2.39. The van der Waals surface area contributed by atoms with Gasteiger partial charge in [-0.15, -0.1) is 11.3 Å². The number of anilines is 1. The van der Waals surface area contributed by atoms with Gasteiger partial charge in [0.15, 0.2) is 11.4 Å². The highest BCUT2D eigenvalue weighted by Crippen LogP contribution is 2.31. The van der Waals surface area contributed by atoms with E-state index in [1.54, 1.807) is 22.0 Å². The summed E-state index contributed by atoms with van der Waals surface area (Å²) in [6.07, 6.45) is 4.98. The first-order valence-corrected chi connectivity index (χ1v) is 13.9. The molecule has 0 aromatic carbocycles. The zero-order valence-electron chi connectivity index (χ0n) is 21.7. The molecule has 0 bridgehead atoms. The largest absolute Gasteiger partial charge is 0.396 e. The lowest BCUT2D eigenvalue weighted by atomic mass is 9.99. The second kappa shape index (κ2) is 11.1. The fraction of sp³-hybridized carbons (Fsp3) is 0.429. The number of Topliss-reactive ketones (excluding diaryl/α,β-unsaturated/α-hetero) is 1. The number of aromatic nitrogens is 4. The van der Waals surface area contributed by atoms with Crippen molar-refractivity contribution in [2.24, 2.45) is 5.92 Å². The molecule has 5 rings (SSSR count). The maximum atomic E-state index is 13.4. The van der Waals surface area contributed by atoms with Crippen molar-refractivity contribution in [3.8, 4) is 21.8 Å². The van der Waals surface area contributed by atoms with Crippen molar-refractivity contribution in [2.45, 2.75) is 39.7 Å². The van der Waals surface area contributed by atoms with Crippen LogP contribution in [0.2, 0.25) is 0 Å². The Labute approximate surface area is 221 Å². The van der Waals surface area contributed by atoms with Crippen molar-refractivity contribution in [2.75, 3.05) is 37.7 Å². The van der Waals surface area contributed by atoms with Crippen LogP contribution in [0.25, 0.3) is 27.5 Å². The first-order chi connectivity index (χ1) is 18.0. The zero-order valence-corrected chi connectivity index (χ0v) is 22.5. The normalized spacial score (nSPS) is 14.9. The number of hydrogen-bond donors (Lipinski definition) is 1. The van der Waals surface area contributed by atoms with Crippen molar-refractivity contribution < 1.29 is 9.90 Å². The number of ketones is 1. The molecule has 0 saturated carbocycles. The van der Waals surface area contributed by atoms with Gasteiger partial charge in [-0.3, -0.25) is 4.79 Å². The van der Waals surface area contributed by atoms with E-state index < -0.39 is 0 Å². The lowest BCUT2D eigenvalue weighted by Crippen LogP contribution is -2.48. The van der Waals surface area contributed by atoms with Gasteiger partial charge in [0.25, 0.3) is 0 Å². The summed E-state index contributed by atoms with van der Waals surface area (Å²) in [5.74, 6) is 1.12. The topological polar surface area (TPSA) is 86.9 Å². The Kier molecular flexibility index (Phi) is 7.64. The molecule has 4 aromatic rings. The molecule has 9 heteroatoms. The molecule has 1 fully saturated rings. The highest BCUT2D eigenvalue weighted by Gasteiger charge is 2.28. The average Bonchev–Trinajstić information content (AvgIpc) is 3.57. The Morgan fingerprint density at radius 2 is 2.00 bits per heavy atom. The molecule has 0 aliphatic carbocycles. The summed E-state index contributed by atoms with van der Waals surface area (Å²) in [5, 5.41) is 16.0. The molecular formula is C28H34N6O2S. The summed E-state index contributed by atoms with van der Waals surface area (Å²) < 4.78 is 1.75. The van der Waals surface area contributed by atoms with Crippen LogP contribution in [0.1, 0.15) is 44.0 Å². The molecule has 0 spiro atoms. The maximum absolute atomic E-state index is 13.4. The second-order valence-corrected chi connectivity index (χ2v) is 10.6. The van der Waals surface area contributed by atoms with Crippen molar-refractivity contribution in [1.82, 2.24) is 24.5 Å². The first kappa shape index (κ1) is 25.5. The number of aliphatic hydroxyl groups excluding tert-OH is 1. The van der Waals surface area contributed by atoms with E-state index in [9.17, 15) is 9.90 Å². The minimum Gasteiger partial charge on any atom is -0.396 e. The van der Waals surface area contributed by atoms with E-state index in [2.05, 4.69) is 41.7 Å². The van der Waals surface area contributed by atoms with E-state index in [4.69, 9.17) is 9.97 Å². The van der Waals surface area contributed by atoms with Gasteiger partial charge in [-0.1, -0.05) is 19.9 Å². The summed E-state index contributed by atoms with van der Waals surface area (Å²) >= 11 is 1.64. The summed E-state index contributed by atoms with van der Waals surface area (Å²) in [7, 11) is 0. The van der Waals surface area contributed by atoms with E-state index in [1.165, 1.54) is 0 Å². The predicted molar refractivity (Wildman–Crippen MR) is 148 cm³/mol. The van der Waals surface area contributed by atoms with Crippen LogP contribution in [0, 0.1) is 5.92 Å². The number of carbonyl (C=O) groups is 1. The van der Waals surface area contributed by atoms with Crippen LogP contribution < -0.4 is 4.90 Å². The summed E-state index contributed by atoms with van der Waals surface area (Å²) in [5.41, 5.74) is 3.74. The minimum absolute atomic E-state index is 0.117. The number of pyridine rings is 1. The van der Waals surface area contributed by atoms with Crippen LogP contribution in [0.5, 0.6) is 0 Å². The molecule has 0 amide bonds. The van der Waals surface area contributed by atoms with Gasteiger partial charge in [0.1, 0.15) is 5.82 Å². The fourth-order valence-electron chi connectivity index (χ4n) is 4.97. The Hall–Kier alpha value is -3.14. The molecule has 1 saturated heterocycles. The average molecular weight is 519 g/mol. The van der Waals surface area contributed by atoms with Crippen molar-refractivity contribution in [1.29, 1.82) is 0 Å². The molecule has 1 aliphatic heterocycles. The number of aliphatic hydroxyl groups is 1. The van der Waals surface area contributed by atoms with Crippen molar-refractivity contribution >= 4 is 28.6 Å². The Bertz CT molecular complexity index is 1360. The van der Waals surface area contributed by atoms with Gasteiger partial charge in [-0.2, -0.15) is 5.10 Å². The number of nitrogens with zero attached hydrogens (tertiary/aromatic N) is 6. The number of fused-ring (bicyclic) bond motifs is 1. The van der Waals surface area contributed by atoms with Crippen LogP contribution in [-0.4, -0.2) is 74.2 Å². The number of thiophene rings is 1. The number of rotatable bonds is 11. The summed E-state index contributed by atoms with van der Waals surface area (Å²) in [6.45, 7) is 10.1. The molecule has 5 heterocycles. The molecule has 194 valence electrons. The van der Waals surface area contributed by atoms with Crippen LogP contribution in [0.3, 0.4) is 0 Å². The zero-order chi connectivity index (χ0) is 25.9. The maximum Gasteiger partial charge on any atom is 0.165 e. The monoisotopic (exact) mass is 518 g/mol. The summed E-state index contributed by atoms with van der Waals surface area (Å²) in [4.78, 5) is 28.8.